The van der Waals surface area contributed by atoms with Crippen LogP contribution < -0.4 is 0 Å². The van der Waals surface area contributed by atoms with E-state index in [1.807, 2.05) is 24.8 Å². The molecule has 4 aromatic rings. The molecule has 2 heterocycles. The zero-order chi connectivity index (χ0) is 22.1. The van der Waals surface area contributed by atoms with E-state index in [0.717, 1.165) is 41.8 Å². The van der Waals surface area contributed by atoms with Crippen LogP contribution in [0.15, 0.2) is 60.7 Å². The van der Waals surface area contributed by atoms with Gasteiger partial charge in [0.15, 0.2) is 0 Å². The van der Waals surface area contributed by atoms with E-state index < -0.39 is 5.97 Å². The molecule has 0 spiro atoms. The predicted molar refractivity (Wildman–Crippen MR) is 131 cm³/mol. The molecule has 0 unspecified atom stereocenters. The quantitative estimate of drug-likeness (QED) is 0.429. The van der Waals surface area contributed by atoms with Crippen molar-refractivity contribution in [3.05, 3.63) is 77.6 Å². The van der Waals surface area contributed by atoms with E-state index >= 15 is 0 Å². The molecule has 6 heteroatoms. The van der Waals surface area contributed by atoms with Gasteiger partial charge in [-0.15, -0.1) is 0 Å². The number of carboxylic acids is 1. The number of hydrogen-bond donors (Lipinski definition) is 2. The van der Waals surface area contributed by atoms with Crippen molar-refractivity contribution in [1.82, 2.24) is 14.9 Å². The monoisotopic (exact) mass is 443 g/mol. The number of rotatable bonds is 5. The van der Waals surface area contributed by atoms with Crippen molar-refractivity contribution in [3.8, 4) is 22.3 Å². The third-order valence-electron chi connectivity index (χ3n) is 5.92. The Morgan fingerprint density at radius 2 is 1.72 bits per heavy atom. The number of aromatic carboxylic acids is 1. The van der Waals surface area contributed by atoms with E-state index in [-0.39, 0.29) is 5.56 Å². The summed E-state index contributed by atoms with van der Waals surface area (Å²) in [4.78, 5) is 21.8. The molecule has 0 bridgehead atoms. The van der Waals surface area contributed by atoms with Gasteiger partial charge in [-0.3, -0.25) is 4.90 Å². The summed E-state index contributed by atoms with van der Waals surface area (Å²) in [5, 5.41) is 9.64. The van der Waals surface area contributed by atoms with E-state index in [1.165, 1.54) is 22.6 Å². The zero-order valence-corrected chi connectivity index (χ0v) is 18.8. The first-order valence-electron chi connectivity index (χ1n) is 10.8. The Morgan fingerprint density at radius 3 is 2.44 bits per heavy atom. The fourth-order valence-corrected chi connectivity index (χ4v) is 5.27. The Morgan fingerprint density at radius 1 is 1.00 bits per heavy atom. The fourth-order valence-electron chi connectivity index (χ4n) is 4.29. The molecule has 1 aliphatic heterocycles. The minimum Gasteiger partial charge on any atom is -0.478 e. The number of carbonyl (C=O) groups is 1. The minimum atomic E-state index is -0.968. The number of nitrogens with one attached hydrogen (secondary N) is 1. The molecule has 5 nitrogen and oxygen atoms in total. The third kappa shape index (κ3) is 4.29. The second-order valence-corrected chi connectivity index (χ2v) is 9.44. The van der Waals surface area contributed by atoms with Crippen LogP contribution in [0.5, 0.6) is 0 Å². The van der Waals surface area contributed by atoms with Crippen LogP contribution in [0.25, 0.3) is 33.3 Å². The van der Waals surface area contributed by atoms with Gasteiger partial charge in [-0.2, -0.15) is 11.8 Å². The van der Waals surface area contributed by atoms with E-state index in [9.17, 15) is 9.90 Å². The molecule has 0 atom stereocenters. The Hall–Kier alpha value is -3.09. The van der Waals surface area contributed by atoms with Gasteiger partial charge in [0, 0.05) is 31.1 Å². The van der Waals surface area contributed by atoms with Crippen molar-refractivity contribution in [3.63, 3.8) is 0 Å². The summed E-state index contributed by atoms with van der Waals surface area (Å²) < 4.78 is 0. The Bertz CT molecular complexity index is 1270. The highest BCUT2D eigenvalue weighted by atomic mass is 32.2. The summed E-state index contributed by atoms with van der Waals surface area (Å²) in [5.41, 5.74) is 6.99. The van der Waals surface area contributed by atoms with Crippen molar-refractivity contribution in [1.29, 1.82) is 0 Å². The molecule has 1 aromatic heterocycles. The van der Waals surface area contributed by atoms with Crippen LogP contribution in [-0.2, 0) is 6.54 Å². The fraction of sp³-hybridized carbons (Fsp3) is 0.231. The predicted octanol–water partition coefficient (Wildman–Crippen LogP) is 5.45. The van der Waals surface area contributed by atoms with Gasteiger partial charge in [0.2, 0.25) is 0 Å². The maximum Gasteiger partial charge on any atom is 0.337 e. The number of imidazole rings is 1. The van der Waals surface area contributed by atoms with Crippen LogP contribution in [0.4, 0.5) is 0 Å². The topological polar surface area (TPSA) is 69.2 Å². The standard InChI is InChI=1S/C26H25N3O2S/c1-17-27-24-15-22(14-23(26(30)31)25(24)28-17)20-7-5-19(6-8-20)21-4-2-3-18(13-21)16-29-9-11-32-12-10-29/h2-8,13-15H,9-12,16H2,1H3,(H,27,28)(H,30,31). The number of aryl methyl sites for hydroxylation is 1. The summed E-state index contributed by atoms with van der Waals surface area (Å²) in [5.74, 6) is 2.17. The average molecular weight is 444 g/mol. The van der Waals surface area contributed by atoms with Crippen LogP contribution >= 0.6 is 11.8 Å². The molecule has 162 valence electrons. The summed E-state index contributed by atoms with van der Waals surface area (Å²) in [7, 11) is 0. The van der Waals surface area contributed by atoms with Gasteiger partial charge in [0.1, 0.15) is 11.3 Å². The minimum absolute atomic E-state index is 0.217. The highest BCUT2D eigenvalue weighted by Crippen LogP contribution is 2.29. The second kappa shape index (κ2) is 8.81. The number of aromatic nitrogens is 2. The van der Waals surface area contributed by atoms with E-state index in [4.69, 9.17) is 0 Å². The number of H-pyrrole nitrogens is 1. The number of aromatic amines is 1. The van der Waals surface area contributed by atoms with Crippen LogP contribution in [0.1, 0.15) is 21.7 Å². The van der Waals surface area contributed by atoms with Crippen molar-refractivity contribution in [2.75, 3.05) is 24.6 Å². The van der Waals surface area contributed by atoms with E-state index in [0.29, 0.717) is 11.3 Å². The smallest absolute Gasteiger partial charge is 0.337 e. The lowest BCUT2D eigenvalue weighted by atomic mass is 9.97. The van der Waals surface area contributed by atoms with Gasteiger partial charge in [-0.1, -0.05) is 42.5 Å². The summed E-state index contributed by atoms with van der Waals surface area (Å²) >= 11 is 2.03. The molecule has 1 saturated heterocycles. The number of benzene rings is 3. The molecule has 0 aliphatic carbocycles. The Labute approximate surface area is 191 Å². The lowest BCUT2D eigenvalue weighted by Gasteiger charge is -2.26. The van der Waals surface area contributed by atoms with Crippen molar-refractivity contribution in [2.45, 2.75) is 13.5 Å². The van der Waals surface area contributed by atoms with Crippen molar-refractivity contribution in [2.24, 2.45) is 0 Å². The number of nitrogens with zero attached hydrogens (tertiary/aromatic N) is 2. The van der Waals surface area contributed by atoms with Gasteiger partial charge in [-0.25, -0.2) is 9.78 Å². The maximum atomic E-state index is 11.8. The summed E-state index contributed by atoms with van der Waals surface area (Å²) in [6.45, 7) is 5.14. The van der Waals surface area contributed by atoms with Crippen LogP contribution in [0, 0.1) is 6.92 Å². The van der Waals surface area contributed by atoms with Gasteiger partial charge >= 0.3 is 5.97 Å². The summed E-state index contributed by atoms with van der Waals surface area (Å²) in [6.07, 6.45) is 0. The summed E-state index contributed by atoms with van der Waals surface area (Å²) in [6, 6.07) is 20.8. The molecular weight excluding hydrogens is 418 g/mol. The molecule has 5 rings (SSSR count). The average Bonchev–Trinajstić information content (AvgIpc) is 3.19. The van der Waals surface area contributed by atoms with Gasteiger partial charge in [0.25, 0.3) is 0 Å². The van der Waals surface area contributed by atoms with E-state index in [2.05, 4.69) is 63.4 Å². The molecule has 32 heavy (non-hydrogen) atoms. The van der Waals surface area contributed by atoms with Gasteiger partial charge in [0.05, 0.1) is 11.1 Å². The van der Waals surface area contributed by atoms with Crippen LogP contribution in [0.2, 0.25) is 0 Å². The molecular formula is C26H25N3O2S. The van der Waals surface area contributed by atoms with Gasteiger partial charge in [-0.05, 0) is 52.9 Å². The first-order chi connectivity index (χ1) is 15.6. The highest BCUT2D eigenvalue weighted by molar-refractivity contribution is 7.99. The maximum absolute atomic E-state index is 11.8. The van der Waals surface area contributed by atoms with Crippen LogP contribution in [0.3, 0.4) is 0 Å². The number of hydrogen-bond acceptors (Lipinski definition) is 4. The second-order valence-electron chi connectivity index (χ2n) is 8.21. The first-order valence-corrected chi connectivity index (χ1v) is 12.0. The molecule has 1 aliphatic rings. The molecule has 0 radical (unpaired) electrons. The van der Waals surface area contributed by atoms with E-state index in [1.54, 1.807) is 6.07 Å². The SMILES string of the molecule is Cc1nc2c(C(=O)O)cc(-c3ccc(-c4cccc(CN5CCSCC5)c4)cc3)cc2[nH]1. The molecule has 1 fully saturated rings. The number of fused-ring (bicyclic) bond motifs is 1. The first kappa shape index (κ1) is 20.8. The highest BCUT2D eigenvalue weighted by Gasteiger charge is 2.15. The largest absolute Gasteiger partial charge is 0.478 e. The number of carboxylic acid groups (broad SMARTS) is 1. The van der Waals surface area contributed by atoms with Crippen LogP contribution in [-0.4, -0.2) is 50.5 Å². The lowest BCUT2D eigenvalue weighted by Crippen LogP contribution is -2.31. The normalized spacial score (nSPS) is 14.7. The Kier molecular flexibility index (Phi) is 5.72. The molecule has 0 saturated carbocycles. The molecule has 3 aromatic carbocycles. The Balaban J connectivity index is 1.42. The van der Waals surface area contributed by atoms with Crippen molar-refractivity contribution < 1.29 is 9.90 Å². The zero-order valence-electron chi connectivity index (χ0n) is 18.0. The third-order valence-corrected chi connectivity index (χ3v) is 6.87. The molecule has 2 N–H and O–H groups in total. The molecule has 0 amide bonds. The lowest BCUT2D eigenvalue weighted by molar-refractivity contribution is 0.0699. The van der Waals surface area contributed by atoms with Gasteiger partial charge < -0.3 is 10.1 Å². The number of thioether (sulfide) groups is 1. The van der Waals surface area contributed by atoms with Crippen molar-refractivity contribution >= 4 is 28.8 Å².